The summed E-state index contributed by atoms with van der Waals surface area (Å²) in [4.78, 5) is 11.9. The summed E-state index contributed by atoms with van der Waals surface area (Å²) in [5.41, 5.74) is 10.5. The van der Waals surface area contributed by atoms with Crippen molar-refractivity contribution in [2.24, 2.45) is 5.73 Å². The monoisotopic (exact) mass is 362 g/mol. The zero-order chi connectivity index (χ0) is 19.4. The normalized spacial score (nSPS) is 12.0. The molecule has 2 aromatic carbocycles. The van der Waals surface area contributed by atoms with Crippen LogP contribution in [-0.4, -0.2) is 17.6 Å². The SMILES string of the molecule is COc1ccc(-c2cc(C(N)=O)c(C)n2C(C)CCc2ccccc2)cc1. The highest BCUT2D eigenvalue weighted by Gasteiger charge is 2.20. The molecule has 1 aromatic heterocycles. The smallest absolute Gasteiger partial charge is 0.250 e. The summed E-state index contributed by atoms with van der Waals surface area (Å²) < 4.78 is 7.48. The molecule has 0 radical (unpaired) electrons. The van der Waals surface area contributed by atoms with Gasteiger partial charge in [0.05, 0.1) is 12.7 Å². The van der Waals surface area contributed by atoms with Crippen LogP contribution in [0.4, 0.5) is 0 Å². The van der Waals surface area contributed by atoms with Gasteiger partial charge in [-0.2, -0.15) is 0 Å². The van der Waals surface area contributed by atoms with Crippen LogP contribution in [0, 0.1) is 6.92 Å². The van der Waals surface area contributed by atoms with Gasteiger partial charge in [-0.1, -0.05) is 30.3 Å². The first-order valence-corrected chi connectivity index (χ1v) is 9.21. The first-order chi connectivity index (χ1) is 13.0. The van der Waals surface area contributed by atoms with E-state index in [0.717, 1.165) is 35.5 Å². The third-order valence-electron chi connectivity index (χ3n) is 5.08. The summed E-state index contributed by atoms with van der Waals surface area (Å²) in [5.74, 6) is 0.414. The van der Waals surface area contributed by atoms with Crippen LogP contribution in [-0.2, 0) is 6.42 Å². The summed E-state index contributed by atoms with van der Waals surface area (Å²) in [6, 6.07) is 20.5. The number of ether oxygens (including phenoxy) is 1. The summed E-state index contributed by atoms with van der Waals surface area (Å²) in [6.07, 6.45) is 1.95. The second-order valence-corrected chi connectivity index (χ2v) is 6.86. The Morgan fingerprint density at radius 3 is 2.37 bits per heavy atom. The van der Waals surface area contributed by atoms with Crippen molar-refractivity contribution in [3.8, 4) is 17.0 Å². The molecule has 1 heterocycles. The highest BCUT2D eigenvalue weighted by atomic mass is 16.5. The fourth-order valence-corrected chi connectivity index (χ4v) is 3.57. The Labute approximate surface area is 160 Å². The molecule has 0 spiro atoms. The highest BCUT2D eigenvalue weighted by Crippen LogP contribution is 2.32. The van der Waals surface area contributed by atoms with Gasteiger partial charge < -0.3 is 15.0 Å². The van der Waals surface area contributed by atoms with Crippen LogP contribution in [0.5, 0.6) is 5.75 Å². The average molecular weight is 362 g/mol. The predicted octanol–water partition coefficient (Wildman–Crippen LogP) is 4.76. The number of methoxy groups -OCH3 is 1. The van der Waals surface area contributed by atoms with Gasteiger partial charge >= 0.3 is 0 Å². The molecule has 1 amide bonds. The summed E-state index contributed by atoms with van der Waals surface area (Å²) in [7, 11) is 1.65. The van der Waals surface area contributed by atoms with Crippen molar-refractivity contribution >= 4 is 5.91 Å². The van der Waals surface area contributed by atoms with E-state index in [4.69, 9.17) is 10.5 Å². The van der Waals surface area contributed by atoms with Gasteiger partial charge in [0.2, 0.25) is 0 Å². The van der Waals surface area contributed by atoms with Crippen molar-refractivity contribution in [2.75, 3.05) is 7.11 Å². The zero-order valence-corrected chi connectivity index (χ0v) is 16.1. The number of amides is 1. The molecule has 1 unspecified atom stereocenters. The van der Waals surface area contributed by atoms with Crippen LogP contribution >= 0.6 is 0 Å². The van der Waals surface area contributed by atoms with E-state index in [1.807, 2.05) is 43.3 Å². The second-order valence-electron chi connectivity index (χ2n) is 6.86. The number of hydrogen-bond donors (Lipinski definition) is 1. The lowest BCUT2D eigenvalue weighted by molar-refractivity contribution is 0.0999. The second kappa shape index (κ2) is 8.12. The Kier molecular flexibility index (Phi) is 5.65. The van der Waals surface area contributed by atoms with Crippen LogP contribution in [0.2, 0.25) is 0 Å². The van der Waals surface area contributed by atoms with Crippen LogP contribution in [0.3, 0.4) is 0 Å². The van der Waals surface area contributed by atoms with Crippen molar-refractivity contribution in [2.45, 2.75) is 32.7 Å². The van der Waals surface area contributed by atoms with Crippen LogP contribution in [0.25, 0.3) is 11.3 Å². The fourth-order valence-electron chi connectivity index (χ4n) is 3.57. The lowest BCUT2D eigenvalue weighted by Crippen LogP contribution is -2.14. The van der Waals surface area contributed by atoms with E-state index >= 15 is 0 Å². The predicted molar refractivity (Wildman–Crippen MR) is 109 cm³/mol. The lowest BCUT2D eigenvalue weighted by atomic mass is 10.1. The molecule has 0 aliphatic heterocycles. The molecule has 27 heavy (non-hydrogen) atoms. The largest absolute Gasteiger partial charge is 0.497 e. The molecular formula is C23H26N2O2. The van der Waals surface area contributed by atoms with Crippen molar-refractivity contribution < 1.29 is 9.53 Å². The number of hydrogen-bond acceptors (Lipinski definition) is 2. The lowest BCUT2D eigenvalue weighted by Gasteiger charge is -2.20. The molecule has 3 rings (SSSR count). The number of carbonyl (C=O) groups is 1. The molecular weight excluding hydrogens is 336 g/mol. The Morgan fingerprint density at radius 2 is 1.78 bits per heavy atom. The van der Waals surface area contributed by atoms with Gasteiger partial charge in [-0.3, -0.25) is 4.79 Å². The number of primary amides is 1. The summed E-state index contributed by atoms with van der Waals surface area (Å²) in [5, 5.41) is 0. The van der Waals surface area contributed by atoms with E-state index in [9.17, 15) is 4.79 Å². The summed E-state index contributed by atoms with van der Waals surface area (Å²) >= 11 is 0. The molecule has 0 aliphatic carbocycles. The maximum atomic E-state index is 11.9. The van der Waals surface area contributed by atoms with Crippen molar-refractivity contribution in [3.63, 3.8) is 0 Å². The Bertz CT molecular complexity index is 912. The molecule has 2 N–H and O–H groups in total. The molecule has 4 nitrogen and oxygen atoms in total. The standard InChI is InChI=1S/C23H26N2O2/c1-16(9-10-18-7-5-4-6-8-18)25-17(2)21(23(24)26)15-22(25)19-11-13-20(27-3)14-12-19/h4-8,11-16H,9-10H2,1-3H3,(H2,24,26). The number of nitrogens with two attached hydrogens (primary N) is 1. The van der Waals surface area contributed by atoms with Crippen molar-refractivity contribution in [1.82, 2.24) is 4.57 Å². The van der Waals surface area contributed by atoms with Gasteiger partial charge in [0.15, 0.2) is 0 Å². The molecule has 0 saturated carbocycles. The minimum absolute atomic E-state index is 0.232. The number of carbonyl (C=O) groups excluding carboxylic acids is 1. The first kappa shape index (κ1) is 18.8. The minimum atomic E-state index is -0.392. The Morgan fingerprint density at radius 1 is 1.11 bits per heavy atom. The maximum absolute atomic E-state index is 11.9. The van der Waals surface area contributed by atoms with E-state index in [2.05, 4.69) is 35.8 Å². The number of rotatable bonds is 7. The molecule has 0 bridgehead atoms. The Hall–Kier alpha value is -3.01. The van der Waals surface area contributed by atoms with Crippen LogP contribution in [0.1, 0.15) is 41.0 Å². The first-order valence-electron chi connectivity index (χ1n) is 9.21. The highest BCUT2D eigenvalue weighted by molar-refractivity contribution is 5.95. The van der Waals surface area contributed by atoms with E-state index in [1.165, 1.54) is 5.56 Å². The van der Waals surface area contributed by atoms with Gasteiger partial charge in [0, 0.05) is 17.4 Å². The molecule has 0 fully saturated rings. The van der Waals surface area contributed by atoms with E-state index < -0.39 is 5.91 Å². The number of aromatic nitrogens is 1. The summed E-state index contributed by atoms with van der Waals surface area (Å²) in [6.45, 7) is 4.15. The van der Waals surface area contributed by atoms with Gasteiger partial charge in [-0.15, -0.1) is 0 Å². The third-order valence-corrected chi connectivity index (χ3v) is 5.08. The molecule has 0 aliphatic rings. The van der Waals surface area contributed by atoms with E-state index in [1.54, 1.807) is 7.11 Å². The topological polar surface area (TPSA) is 57.2 Å². The van der Waals surface area contributed by atoms with Crippen molar-refractivity contribution in [3.05, 3.63) is 77.5 Å². The average Bonchev–Trinajstić information content (AvgIpc) is 3.04. The zero-order valence-electron chi connectivity index (χ0n) is 16.1. The van der Waals surface area contributed by atoms with Gasteiger partial charge in [0.25, 0.3) is 5.91 Å². The van der Waals surface area contributed by atoms with Crippen LogP contribution < -0.4 is 10.5 Å². The fraction of sp³-hybridized carbons (Fsp3) is 0.261. The number of aryl methyl sites for hydroxylation is 1. The van der Waals surface area contributed by atoms with Crippen molar-refractivity contribution in [1.29, 1.82) is 0 Å². The van der Waals surface area contributed by atoms with E-state index in [-0.39, 0.29) is 6.04 Å². The van der Waals surface area contributed by atoms with Gasteiger partial charge in [-0.25, -0.2) is 0 Å². The number of benzene rings is 2. The maximum Gasteiger partial charge on any atom is 0.250 e. The molecule has 1 atom stereocenters. The minimum Gasteiger partial charge on any atom is -0.497 e. The van der Waals surface area contributed by atoms with E-state index in [0.29, 0.717) is 5.56 Å². The molecule has 140 valence electrons. The quantitative estimate of drug-likeness (QED) is 0.658. The molecule has 3 aromatic rings. The Balaban J connectivity index is 1.95. The molecule has 0 saturated heterocycles. The van der Waals surface area contributed by atoms with Gasteiger partial charge in [-0.05, 0) is 68.1 Å². The number of nitrogens with zero attached hydrogens (tertiary/aromatic N) is 1. The molecule has 4 heteroatoms. The van der Waals surface area contributed by atoms with Gasteiger partial charge in [0.1, 0.15) is 5.75 Å². The third kappa shape index (κ3) is 4.05. The van der Waals surface area contributed by atoms with Crippen LogP contribution in [0.15, 0.2) is 60.7 Å².